The van der Waals surface area contributed by atoms with Gasteiger partial charge in [0.05, 0.1) is 14.2 Å². The molecule has 1 unspecified atom stereocenters. The Hall–Kier alpha value is -0.933. The molecule has 20 heavy (non-hydrogen) atoms. The van der Waals surface area contributed by atoms with Crippen LogP contribution in [0, 0.1) is 11.8 Å². The van der Waals surface area contributed by atoms with Crippen LogP contribution in [0.3, 0.4) is 0 Å². The maximum absolute atomic E-state index is 13.0. The molecular formula is C17H24O2Si. The number of ketones is 1. The minimum absolute atomic E-state index is 0.0477. The molecule has 0 aromatic heterocycles. The van der Waals surface area contributed by atoms with Crippen molar-refractivity contribution in [1.82, 2.24) is 0 Å². The van der Waals surface area contributed by atoms with Gasteiger partial charge in [0.1, 0.15) is 0 Å². The first kappa shape index (κ1) is 14.0. The minimum atomic E-state index is -1.63. The Morgan fingerprint density at radius 3 is 2.45 bits per heavy atom. The van der Waals surface area contributed by atoms with Crippen molar-refractivity contribution in [1.29, 1.82) is 0 Å². The molecule has 1 aromatic carbocycles. The average molecular weight is 288 g/mol. The molecule has 2 nitrogen and oxygen atoms in total. The second-order valence-electron chi connectivity index (χ2n) is 7.55. The van der Waals surface area contributed by atoms with Crippen LogP contribution in [-0.4, -0.2) is 25.1 Å². The van der Waals surface area contributed by atoms with Gasteiger partial charge in [-0.2, -0.15) is 0 Å². The molecule has 108 valence electrons. The summed E-state index contributed by atoms with van der Waals surface area (Å²) in [6.45, 7) is 6.94. The molecule has 2 aliphatic rings. The van der Waals surface area contributed by atoms with Gasteiger partial charge in [0.25, 0.3) is 0 Å². The smallest absolute Gasteiger partial charge is 0.166 e. The highest BCUT2D eigenvalue weighted by atomic mass is 28.3. The predicted octanol–water partition coefficient (Wildman–Crippen LogP) is 3.74. The van der Waals surface area contributed by atoms with E-state index < -0.39 is 8.07 Å². The van der Waals surface area contributed by atoms with E-state index in [2.05, 4.69) is 19.6 Å². The number of aliphatic hydroxyl groups is 1. The Morgan fingerprint density at radius 2 is 1.90 bits per heavy atom. The molecule has 3 rings (SSSR count). The predicted molar refractivity (Wildman–Crippen MR) is 83.6 cm³/mol. The van der Waals surface area contributed by atoms with E-state index in [0.29, 0.717) is 5.92 Å². The number of aliphatic hydroxyl groups excluding tert-OH is 1. The first-order chi connectivity index (χ1) is 9.38. The van der Waals surface area contributed by atoms with Crippen molar-refractivity contribution in [2.45, 2.75) is 50.0 Å². The van der Waals surface area contributed by atoms with Gasteiger partial charge in [0.15, 0.2) is 5.78 Å². The van der Waals surface area contributed by atoms with Crippen molar-refractivity contribution >= 4 is 13.9 Å². The van der Waals surface area contributed by atoms with E-state index >= 15 is 0 Å². The van der Waals surface area contributed by atoms with E-state index in [0.717, 1.165) is 24.8 Å². The first-order valence-corrected chi connectivity index (χ1v) is 11.2. The zero-order valence-corrected chi connectivity index (χ0v) is 13.6. The molecule has 2 bridgehead atoms. The van der Waals surface area contributed by atoms with E-state index in [4.69, 9.17) is 0 Å². The number of carbonyl (C=O) groups excluding carboxylic acids is 1. The van der Waals surface area contributed by atoms with Crippen molar-refractivity contribution in [2.75, 3.05) is 0 Å². The first-order valence-electron chi connectivity index (χ1n) is 7.65. The van der Waals surface area contributed by atoms with Crippen LogP contribution >= 0.6 is 0 Å². The highest BCUT2D eigenvalue weighted by Crippen LogP contribution is 2.68. The van der Waals surface area contributed by atoms with Crippen molar-refractivity contribution < 1.29 is 9.90 Å². The lowest BCUT2D eigenvalue weighted by Crippen LogP contribution is -2.48. The average Bonchev–Trinajstić information content (AvgIpc) is 2.91. The highest BCUT2D eigenvalue weighted by Gasteiger charge is 2.66. The zero-order valence-electron chi connectivity index (χ0n) is 12.6. The third-order valence-electron chi connectivity index (χ3n) is 5.81. The SMILES string of the molecule is C[Si](C)(C)[C@]12CC[C@H](C[C@H]1O)C2C(=O)c1ccccc1. The Labute approximate surface area is 122 Å². The summed E-state index contributed by atoms with van der Waals surface area (Å²) in [5.41, 5.74) is 0.820. The van der Waals surface area contributed by atoms with Crippen LogP contribution in [0.4, 0.5) is 0 Å². The third-order valence-corrected chi connectivity index (χ3v) is 9.50. The lowest BCUT2D eigenvalue weighted by molar-refractivity contribution is 0.0829. The van der Waals surface area contributed by atoms with Gasteiger partial charge in [-0.05, 0) is 25.2 Å². The topological polar surface area (TPSA) is 37.3 Å². The van der Waals surface area contributed by atoms with Gasteiger partial charge < -0.3 is 5.11 Å². The molecule has 0 heterocycles. The van der Waals surface area contributed by atoms with Crippen LogP contribution in [0.15, 0.2) is 30.3 Å². The monoisotopic (exact) mass is 288 g/mol. The molecule has 0 aliphatic heterocycles. The normalized spacial score (nSPS) is 36.3. The molecule has 3 heteroatoms. The Bertz CT molecular complexity index is 520. The van der Waals surface area contributed by atoms with Gasteiger partial charge in [-0.25, -0.2) is 0 Å². The molecule has 4 atom stereocenters. The van der Waals surface area contributed by atoms with Crippen LogP contribution < -0.4 is 0 Å². The van der Waals surface area contributed by atoms with Crippen LogP contribution in [0.1, 0.15) is 29.6 Å². The number of carbonyl (C=O) groups is 1. The lowest BCUT2D eigenvalue weighted by atomic mass is 9.87. The van der Waals surface area contributed by atoms with Gasteiger partial charge in [-0.1, -0.05) is 50.0 Å². The standard InChI is InChI=1S/C17H24O2Si/c1-20(2,3)17-10-9-13(11-14(17)18)15(17)16(19)12-7-5-4-6-8-12/h4-8,13-15,18H,9-11H2,1-3H3/t13-,14-,15?,17-/m1/s1. The molecule has 0 radical (unpaired) electrons. The van der Waals surface area contributed by atoms with E-state index in [1.165, 1.54) is 0 Å². The molecule has 1 aromatic rings. The lowest BCUT2D eigenvalue weighted by Gasteiger charge is -2.45. The zero-order chi connectivity index (χ0) is 14.5. The molecule has 0 amide bonds. The third kappa shape index (κ3) is 1.76. The van der Waals surface area contributed by atoms with Crippen LogP contribution in [0.5, 0.6) is 0 Å². The Morgan fingerprint density at radius 1 is 1.25 bits per heavy atom. The van der Waals surface area contributed by atoms with Gasteiger partial charge in [-0.3, -0.25) is 4.79 Å². The minimum Gasteiger partial charge on any atom is -0.393 e. The quantitative estimate of drug-likeness (QED) is 0.679. The largest absolute Gasteiger partial charge is 0.393 e. The second kappa shape index (κ2) is 4.53. The van der Waals surface area contributed by atoms with E-state index in [9.17, 15) is 9.90 Å². The number of Topliss-reactive ketones (excluding diaryl/α,β-unsaturated/α-hetero) is 1. The summed E-state index contributed by atoms with van der Waals surface area (Å²) in [5, 5.41) is 10.5. The molecule has 2 fully saturated rings. The van der Waals surface area contributed by atoms with Gasteiger partial charge in [0, 0.05) is 16.5 Å². The summed E-state index contributed by atoms with van der Waals surface area (Å²) >= 11 is 0. The van der Waals surface area contributed by atoms with Crippen molar-refractivity contribution in [3.05, 3.63) is 35.9 Å². The second-order valence-corrected chi connectivity index (χ2v) is 13.0. The summed E-state index contributed by atoms with van der Waals surface area (Å²) < 4.78 is 0. The number of hydrogen-bond acceptors (Lipinski definition) is 2. The van der Waals surface area contributed by atoms with E-state index in [1.807, 2.05) is 30.3 Å². The number of rotatable bonds is 3. The Balaban J connectivity index is 2.03. The fourth-order valence-corrected chi connectivity index (χ4v) is 8.17. The Kier molecular flexibility index (Phi) is 3.18. The van der Waals surface area contributed by atoms with Crippen LogP contribution in [0.25, 0.3) is 0 Å². The molecule has 0 saturated heterocycles. The number of benzene rings is 1. The molecule has 0 spiro atoms. The van der Waals surface area contributed by atoms with Crippen LogP contribution in [-0.2, 0) is 0 Å². The molecular weight excluding hydrogens is 264 g/mol. The maximum atomic E-state index is 13.0. The fraction of sp³-hybridized carbons (Fsp3) is 0.588. The van der Waals surface area contributed by atoms with Crippen LogP contribution in [0.2, 0.25) is 24.7 Å². The molecule has 2 aliphatic carbocycles. The summed E-state index contributed by atoms with van der Waals surface area (Å²) in [6.07, 6.45) is 2.71. The number of hydrogen-bond donors (Lipinski definition) is 1. The summed E-state index contributed by atoms with van der Waals surface area (Å²) in [5.74, 6) is 0.711. The maximum Gasteiger partial charge on any atom is 0.166 e. The molecule has 1 N–H and O–H groups in total. The van der Waals surface area contributed by atoms with Gasteiger partial charge in [0.2, 0.25) is 0 Å². The van der Waals surface area contributed by atoms with Crippen molar-refractivity contribution in [3.63, 3.8) is 0 Å². The number of fused-ring (bicyclic) bond motifs is 2. The van der Waals surface area contributed by atoms with Crippen molar-refractivity contribution in [2.24, 2.45) is 11.8 Å². The van der Waals surface area contributed by atoms with Crippen molar-refractivity contribution in [3.8, 4) is 0 Å². The summed E-state index contributed by atoms with van der Waals surface area (Å²) in [7, 11) is -1.63. The van der Waals surface area contributed by atoms with Gasteiger partial charge >= 0.3 is 0 Å². The fourth-order valence-electron chi connectivity index (χ4n) is 4.86. The van der Waals surface area contributed by atoms with E-state index in [1.54, 1.807) is 0 Å². The molecule has 2 saturated carbocycles. The highest BCUT2D eigenvalue weighted by molar-refractivity contribution is 6.79. The summed E-state index contributed by atoms with van der Waals surface area (Å²) in [6, 6.07) is 9.65. The summed E-state index contributed by atoms with van der Waals surface area (Å²) in [4.78, 5) is 13.0. The van der Waals surface area contributed by atoms with E-state index in [-0.39, 0.29) is 22.8 Å². The van der Waals surface area contributed by atoms with Gasteiger partial charge in [-0.15, -0.1) is 0 Å².